The second-order valence-electron chi connectivity index (χ2n) is 7.47. The fourth-order valence-electron chi connectivity index (χ4n) is 3.96. The lowest BCUT2D eigenvalue weighted by Crippen LogP contribution is -2.29. The summed E-state index contributed by atoms with van der Waals surface area (Å²) in [5.41, 5.74) is 3.68. The number of anilines is 1. The average molecular weight is 411 g/mol. The minimum absolute atomic E-state index is 0.00323. The van der Waals surface area contributed by atoms with Crippen molar-refractivity contribution in [2.45, 2.75) is 32.2 Å². The van der Waals surface area contributed by atoms with Crippen LogP contribution in [-0.2, 0) is 11.2 Å². The Labute approximate surface area is 174 Å². The maximum atomic E-state index is 12.9. The number of aromatic nitrogens is 2. The summed E-state index contributed by atoms with van der Waals surface area (Å²) in [7, 11) is 3.44. The molecule has 1 N–H and O–H groups in total. The van der Waals surface area contributed by atoms with E-state index in [2.05, 4.69) is 39.6 Å². The predicted molar refractivity (Wildman–Crippen MR) is 117 cm³/mol. The van der Waals surface area contributed by atoms with E-state index >= 15 is 0 Å². The Morgan fingerprint density at radius 1 is 1.34 bits per heavy atom. The third kappa shape index (κ3) is 3.84. The molecule has 29 heavy (non-hydrogen) atoms. The van der Waals surface area contributed by atoms with E-state index in [1.807, 2.05) is 6.92 Å². The van der Waals surface area contributed by atoms with Gasteiger partial charge in [-0.2, -0.15) is 0 Å². The van der Waals surface area contributed by atoms with Crippen LogP contribution >= 0.6 is 11.3 Å². The van der Waals surface area contributed by atoms with Crippen LogP contribution < -0.4 is 5.32 Å². The molecule has 0 radical (unpaired) electrons. The molecule has 152 valence electrons. The Morgan fingerprint density at radius 2 is 2.17 bits per heavy atom. The number of benzene rings is 1. The van der Waals surface area contributed by atoms with Crippen molar-refractivity contribution in [3.63, 3.8) is 0 Å². The molecule has 0 spiro atoms. The maximum absolute atomic E-state index is 12.9. The summed E-state index contributed by atoms with van der Waals surface area (Å²) in [5.74, 6) is 0.806. The highest BCUT2D eigenvalue weighted by Crippen LogP contribution is 2.37. The van der Waals surface area contributed by atoms with Gasteiger partial charge in [0.05, 0.1) is 22.9 Å². The van der Waals surface area contributed by atoms with E-state index in [1.54, 1.807) is 25.4 Å². The number of nitrogens with zero attached hydrogens (tertiary/aromatic N) is 3. The van der Waals surface area contributed by atoms with E-state index in [0.717, 1.165) is 40.9 Å². The Balaban J connectivity index is 1.67. The van der Waals surface area contributed by atoms with Gasteiger partial charge in [0.2, 0.25) is 0 Å². The van der Waals surface area contributed by atoms with Crippen LogP contribution in [0.3, 0.4) is 0 Å². The van der Waals surface area contributed by atoms with Gasteiger partial charge in [-0.3, -0.25) is 4.79 Å². The van der Waals surface area contributed by atoms with Gasteiger partial charge in [-0.05, 0) is 42.9 Å². The summed E-state index contributed by atoms with van der Waals surface area (Å²) in [6, 6.07) is 8.83. The highest BCUT2D eigenvalue weighted by atomic mass is 32.1. The first-order valence-electron chi connectivity index (χ1n) is 9.93. The molecule has 2 heterocycles. The molecule has 3 aromatic rings. The van der Waals surface area contributed by atoms with Gasteiger partial charge in [-0.1, -0.05) is 24.3 Å². The molecule has 6 nitrogen and oxygen atoms in total. The van der Waals surface area contributed by atoms with Gasteiger partial charge < -0.3 is 15.0 Å². The zero-order valence-corrected chi connectivity index (χ0v) is 17.9. The SMILES string of the molecule is COCCN(C)C(=O)c1sc2ncnc(N[C@H]3CCCc4ccccc43)c2c1C. The minimum Gasteiger partial charge on any atom is -0.383 e. The van der Waals surface area contributed by atoms with Gasteiger partial charge in [0.15, 0.2) is 0 Å². The lowest BCUT2D eigenvalue weighted by Gasteiger charge is -2.27. The molecule has 0 fully saturated rings. The second kappa shape index (κ2) is 8.47. The Hall–Kier alpha value is -2.51. The van der Waals surface area contributed by atoms with Crippen molar-refractivity contribution in [1.29, 1.82) is 0 Å². The summed E-state index contributed by atoms with van der Waals surface area (Å²) in [4.78, 5) is 25.1. The third-order valence-electron chi connectivity index (χ3n) is 5.58. The highest BCUT2D eigenvalue weighted by Gasteiger charge is 2.24. The fraction of sp³-hybridized carbons (Fsp3) is 0.409. The summed E-state index contributed by atoms with van der Waals surface area (Å²) in [5, 5.41) is 4.60. The number of carbonyl (C=O) groups excluding carboxylic acids is 1. The number of fused-ring (bicyclic) bond motifs is 2. The summed E-state index contributed by atoms with van der Waals surface area (Å²) in [6.07, 6.45) is 4.92. The van der Waals surface area contributed by atoms with Crippen molar-refractivity contribution in [2.75, 3.05) is 32.6 Å². The average Bonchev–Trinajstić information content (AvgIpc) is 3.09. The molecule has 7 heteroatoms. The molecule has 1 atom stereocenters. The molecule has 0 aliphatic heterocycles. The first kappa shape index (κ1) is 19.8. The number of amides is 1. The normalized spacial score (nSPS) is 15.9. The molecule has 1 amide bonds. The number of thiophene rings is 1. The molecule has 0 unspecified atom stereocenters. The third-order valence-corrected chi connectivity index (χ3v) is 6.77. The fourth-order valence-corrected chi connectivity index (χ4v) is 5.10. The quantitative estimate of drug-likeness (QED) is 0.659. The zero-order valence-electron chi connectivity index (χ0n) is 17.1. The first-order valence-corrected chi connectivity index (χ1v) is 10.7. The van der Waals surface area contributed by atoms with Gasteiger partial charge >= 0.3 is 0 Å². The number of aryl methyl sites for hydroxylation is 2. The lowest BCUT2D eigenvalue weighted by molar-refractivity contribution is 0.0748. The second-order valence-corrected chi connectivity index (χ2v) is 8.47. The van der Waals surface area contributed by atoms with Gasteiger partial charge in [-0.25, -0.2) is 9.97 Å². The van der Waals surface area contributed by atoms with Gasteiger partial charge in [0, 0.05) is 20.7 Å². The van der Waals surface area contributed by atoms with E-state index < -0.39 is 0 Å². The van der Waals surface area contributed by atoms with Gasteiger partial charge in [0.25, 0.3) is 5.91 Å². The van der Waals surface area contributed by atoms with Crippen molar-refractivity contribution in [1.82, 2.24) is 14.9 Å². The number of carbonyl (C=O) groups is 1. The van der Waals surface area contributed by atoms with Crippen molar-refractivity contribution >= 4 is 33.3 Å². The van der Waals surface area contributed by atoms with Crippen LogP contribution in [0.2, 0.25) is 0 Å². The zero-order chi connectivity index (χ0) is 20.4. The number of hydrogen-bond acceptors (Lipinski definition) is 6. The standard InChI is InChI=1S/C22H26N4O2S/c1-14-18-20(25-17-10-6-8-15-7-4-5-9-16(15)17)23-13-24-21(18)29-19(14)22(27)26(2)11-12-28-3/h4-5,7,9,13,17H,6,8,10-12H2,1-3H3,(H,23,24,25)/t17-/m0/s1. The van der Waals surface area contributed by atoms with Crippen LogP contribution in [0.25, 0.3) is 10.2 Å². The number of ether oxygens (including phenoxy) is 1. The Bertz CT molecular complexity index is 1030. The minimum atomic E-state index is -0.00323. The molecule has 1 aromatic carbocycles. The van der Waals surface area contributed by atoms with Crippen LogP contribution in [0, 0.1) is 6.92 Å². The van der Waals surface area contributed by atoms with Gasteiger partial charge in [-0.15, -0.1) is 11.3 Å². The Kier molecular flexibility index (Phi) is 5.78. The number of likely N-dealkylation sites (N-methyl/N-ethyl adjacent to an activating group) is 1. The van der Waals surface area contributed by atoms with Crippen molar-refractivity contribution in [2.24, 2.45) is 0 Å². The van der Waals surface area contributed by atoms with Crippen LogP contribution in [0.1, 0.15) is 45.2 Å². The molecule has 4 rings (SSSR count). The molecule has 1 aliphatic rings. The van der Waals surface area contributed by atoms with Crippen molar-refractivity contribution < 1.29 is 9.53 Å². The van der Waals surface area contributed by atoms with Gasteiger partial charge in [0.1, 0.15) is 17.0 Å². The molecule has 0 saturated heterocycles. The summed E-state index contributed by atoms with van der Waals surface area (Å²) < 4.78 is 5.10. The van der Waals surface area contributed by atoms with E-state index in [0.29, 0.717) is 18.0 Å². The maximum Gasteiger partial charge on any atom is 0.264 e. The van der Waals surface area contributed by atoms with E-state index in [1.165, 1.54) is 22.5 Å². The molecule has 1 aliphatic carbocycles. The number of rotatable bonds is 6. The molecule has 2 aromatic heterocycles. The molecular weight excluding hydrogens is 384 g/mol. The van der Waals surface area contributed by atoms with E-state index in [9.17, 15) is 4.79 Å². The molecule has 0 bridgehead atoms. The largest absolute Gasteiger partial charge is 0.383 e. The smallest absolute Gasteiger partial charge is 0.264 e. The van der Waals surface area contributed by atoms with E-state index in [-0.39, 0.29) is 11.9 Å². The molecular formula is C22H26N4O2S. The van der Waals surface area contributed by atoms with Crippen LogP contribution in [0.4, 0.5) is 5.82 Å². The van der Waals surface area contributed by atoms with Crippen molar-refractivity contribution in [3.05, 3.63) is 52.2 Å². The van der Waals surface area contributed by atoms with Crippen molar-refractivity contribution in [3.8, 4) is 0 Å². The topological polar surface area (TPSA) is 67.3 Å². The number of hydrogen-bond donors (Lipinski definition) is 1. The van der Waals surface area contributed by atoms with Crippen LogP contribution in [-0.4, -0.2) is 48.1 Å². The number of nitrogens with one attached hydrogen (secondary N) is 1. The monoisotopic (exact) mass is 410 g/mol. The lowest BCUT2D eigenvalue weighted by atomic mass is 9.87. The summed E-state index contributed by atoms with van der Waals surface area (Å²) >= 11 is 1.43. The van der Waals surface area contributed by atoms with E-state index in [4.69, 9.17) is 4.74 Å². The predicted octanol–water partition coefficient (Wildman–Crippen LogP) is 4.21. The number of methoxy groups -OCH3 is 1. The van der Waals surface area contributed by atoms with Crippen LogP contribution in [0.5, 0.6) is 0 Å². The van der Waals surface area contributed by atoms with Crippen LogP contribution in [0.15, 0.2) is 30.6 Å². The first-order chi connectivity index (χ1) is 14.1. The highest BCUT2D eigenvalue weighted by molar-refractivity contribution is 7.20. The summed E-state index contributed by atoms with van der Waals surface area (Å²) in [6.45, 7) is 3.05. The molecule has 0 saturated carbocycles. The Morgan fingerprint density at radius 3 is 3.00 bits per heavy atom.